The Morgan fingerprint density at radius 3 is 2.43 bits per heavy atom. The smallest absolute Gasteiger partial charge is 0.227 e. The van der Waals surface area contributed by atoms with E-state index in [1.165, 1.54) is 5.56 Å². The van der Waals surface area contributed by atoms with Crippen molar-refractivity contribution in [1.82, 2.24) is 5.32 Å². The van der Waals surface area contributed by atoms with Gasteiger partial charge in [-0.25, -0.2) is 0 Å². The van der Waals surface area contributed by atoms with Gasteiger partial charge in [-0.05, 0) is 36.0 Å². The molecule has 0 aromatic heterocycles. The molecule has 1 N–H and O–H groups in total. The van der Waals surface area contributed by atoms with Gasteiger partial charge in [0.25, 0.3) is 0 Å². The molecule has 2 amide bonds. The van der Waals surface area contributed by atoms with Gasteiger partial charge < -0.3 is 10.2 Å². The van der Waals surface area contributed by atoms with Gasteiger partial charge in [-0.2, -0.15) is 0 Å². The number of anilines is 1. The quantitative estimate of drug-likeness (QED) is 0.875. The van der Waals surface area contributed by atoms with E-state index < -0.39 is 0 Å². The maximum Gasteiger partial charge on any atom is 0.227 e. The SMILES string of the molecule is CC(C)CCNC(=O)C1CC(=O)N(c2ccc(C(C)C)cc2)C1. The molecule has 23 heavy (non-hydrogen) atoms. The lowest BCUT2D eigenvalue weighted by Gasteiger charge is -2.18. The number of nitrogens with one attached hydrogen (secondary N) is 1. The van der Waals surface area contributed by atoms with E-state index in [1.54, 1.807) is 4.90 Å². The topological polar surface area (TPSA) is 49.4 Å². The summed E-state index contributed by atoms with van der Waals surface area (Å²) in [6.45, 7) is 9.72. The van der Waals surface area contributed by atoms with Crippen molar-refractivity contribution >= 4 is 17.5 Å². The maximum absolute atomic E-state index is 12.2. The monoisotopic (exact) mass is 316 g/mol. The van der Waals surface area contributed by atoms with E-state index in [-0.39, 0.29) is 17.7 Å². The fraction of sp³-hybridized carbons (Fsp3) is 0.579. The van der Waals surface area contributed by atoms with E-state index in [0.717, 1.165) is 12.1 Å². The number of rotatable bonds is 6. The fourth-order valence-corrected chi connectivity index (χ4v) is 2.80. The molecule has 1 fully saturated rings. The summed E-state index contributed by atoms with van der Waals surface area (Å²) in [6.07, 6.45) is 1.27. The highest BCUT2D eigenvalue weighted by Crippen LogP contribution is 2.26. The Bertz CT molecular complexity index is 549. The van der Waals surface area contributed by atoms with Crippen LogP contribution < -0.4 is 10.2 Å². The minimum Gasteiger partial charge on any atom is -0.356 e. The lowest BCUT2D eigenvalue weighted by Crippen LogP contribution is -2.33. The first-order valence-electron chi connectivity index (χ1n) is 8.56. The van der Waals surface area contributed by atoms with Crippen molar-refractivity contribution in [1.29, 1.82) is 0 Å². The highest BCUT2D eigenvalue weighted by molar-refractivity contribution is 6.00. The molecule has 1 saturated heterocycles. The van der Waals surface area contributed by atoms with Gasteiger partial charge >= 0.3 is 0 Å². The minimum atomic E-state index is -0.237. The molecule has 0 spiro atoms. The second kappa shape index (κ2) is 7.62. The van der Waals surface area contributed by atoms with Crippen LogP contribution in [-0.2, 0) is 9.59 Å². The number of hydrogen-bond acceptors (Lipinski definition) is 2. The van der Waals surface area contributed by atoms with Gasteiger partial charge in [0, 0.05) is 25.2 Å². The molecule has 4 nitrogen and oxygen atoms in total. The highest BCUT2D eigenvalue weighted by atomic mass is 16.2. The number of carbonyl (C=O) groups excluding carboxylic acids is 2. The standard InChI is InChI=1S/C19H28N2O2/c1-13(2)9-10-20-19(23)16-11-18(22)21(12-16)17-7-5-15(6-8-17)14(3)4/h5-8,13-14,16H,9-12H2,1-4H3,(H,20,23). The molecule has 0 radical (unpaired) electrons. The molecule has 1 aliphatic rings. The zero-order valence-electron chi connectivity index (χ0n) is 14.6. The van der Waals surface area contributed by atoms with Crippen LogP contribution in [0, 0.1) is 11.8 Å². The van der Waals surface area contributed by atoms with Crippen LogP contribution in [0.1, 0.15) is 52.0 Å². The van der Waals surface area contributed by atoms with E-state index in [1.807, 2.05) is 12.1 Å². The number of nitrogens with zero attached hydrogens (tertiary/aromatic N) is 1. The Balaban J connectivity index is 1.95. The summed E-state index contributed by atoms with van der Waals surface area (Å²) >= 11 is 0. The van der Waals surface area contributed by atoms with Crippen molar-refractivity contribution in [3.8, 4) is 0 Å². The van der Waals surface area contributed by atoms with Crippen LogP contribution in [0.15, 0.2) is 24.3 Å². The van der Waals surface area contributed by atoms with E-state index in [2.05, 4.69) is 45.1 Å². The molecule has 1 unspecified atom stereocenters. The Morgan fingerprint density at radius 1 is 1.22 bits per heavy atom. The van der Waals surface area contributed by atoms with Gasteiger partial charge in [-0.1, -0.05) is 39.8 Å². The predicted octanol–water partition coefficient (Wildman–Crippen LogP) is 3.33. The summed E-state index contributed by atoms with van der Waals surface area (Å²) in [5.41, 5.74) is 2.14. The third-order valence-corrected chi connectivity index (χ3v) is 4.39. The van der Waals surface area contributed by atoms with Gasteiger partial charge in [0.05, 0.1) is 5.92 Å². The van der Waals surface area contributed by atoms with Crippen LogP contribution in [0.25, 0.3) is 0 Å². The van der Waals surface area contributed by atoms with Crippen LogP contribution in [0.3, 0.4) is 0 Å². The molecule has 0 saturated carbocycles. The van der Waals surface area contributed by atoms with Crippen molar-refractivity contribution < 1.29 is 9.59 Å². The van der Waals surface area contributed by atoms with Crippen molar-refractivity contribution in [2.24, 2.45) is 11.8 Å². The average Bonchev–Trinajstić information content (AvgIpc) is 2.89. The number of amides is 2. The molecule has 1 heterocycles. The largest absolute Gasteiger partial charge is 0.356 e. The molecule has 126 valence electrons. The molecule has 2 rings (SSSR count). The molecule has 1 aliphatic heterocycles. The zero-order valence-corrected chi connectivity index (χ0v) is 14.6. The lowest BCUT2D eigenvalue weighted by atomic mass is 10.0. The van der Waals surface area contributed by atoms with Crippen LogP contribution >= 0.6 is 0 Å². The maximum atomic E-state index is 12.2. The third-order valence-electron chi connectivity index (χ3n) is 4.39. The Hall–Kier alpha value is -1.84. The van der Waals surface area contributed by atoms with E-state index in [4.69, 9.17) is 0 Å². The summed E-state index contributed by atoms with van der Waals surface area (Å²) in [5, 5.41) is 2.95. The van der Waals surface area contributed by atoms with E-state index in [0.29, 0.717) is 31.3 Å². The molecular formula is C19H28N2O2. The molecule has 4 heteroatoms. The zero-order chi connectivity index (χ0) is 17.0. The van der Waals surface area contributed by atoms with Crippen LogP contribution in [-0.4, -0.2) is 24.9 Å². The van der Waals surface area contributed by atoms with Gasteiger partial charge in [0.1, 0.15) is 0 Å². The summed E-state index contributed by atoms with van der Waals surface area (Å²) in [6, 6.07) is 8.07. The van der Waals surface area contributed by atoms with Gasteiger partial charge in [0.2, 0.25) is 11.8 Å². The molecule has 0 bridgehead atoms. The third kappa shape index (κ3) is 4.57. The van der Waals surface area contributed by atoms with Gasteiger partial charge in [0.15, 0.2) is 0 Å². The number of carbonyl (C=O) groups is 2. The minimum absolute atomic E-state index is 0.000278. The van der Waals surface area contributed by atoms with Gasteiger partial charge in [-0.15, -0.1) is 0 Å². The number of benzene rings is 1. The predicted molar refractivity (Wildman–Crippen MR) is 93.5 cm³/mol. The molecule has 1 aromatic rings. The van der Waals surface area contributed by atoms with Crippen molar-refractivity contribution in [3.63, 3.8) is 0 Å². The molecule has 1 atom stereocenters. The average molecular weight is 316 g/mol. The summed E-state index contributed by atoms with van der Waals surface area (Å²) in [4.78, 5) is 26.2. The fourth-order valence-electron chi connectivity index (χ4n) is 2.80. The number of hydrogen-bond donors (Lipinski definition) is 1. The Kier molecular flexibility index (Phi) is 5.80. The Labute approximate surface area is 139 Å². The normalized spacial score (nSPS) is 18.1. The van der Waals surface area contributed by atoms with Crippen molar-refractivity contribution in [2.75, 3.05) is 18.0 Å². The second-order valence-corrected chi connectivity index (χ2v) is 7.13. The summed E-state index contributed by atoms with van der Waals surface area (Å²) in [7, 11) is 0. The van der Waals surface area contributed by atoms with Crippen molar-refractivity contribution in [2.45, 2.75) is 46.5 Å². The van der Waals surface area contributed by atoms with Gasteiger partial charge in [-0.3, -0.25) is 9.59 Å². The van der Waals surface area contributed by atoms with Crippen molar-refractivity contribution in [3.05, 3.63) is 29.8 Å². The molecule has 1 aromatic carbocycles. The first kappa shape index (κ1) is 17.5. The van der Waals surface area contributed by atoms with E-state index >= 15 is 0 Å². The van der Waals surface area contributed by atoms with Crippen LogP contribution in [0.5, 0.6) is 0 Å². The summed E-state index contributed by atoms with van der Waals surface area (Å²) in [5.74, 6) is 0.834. The van der Waals surface area contributed by atoms with E-state index in [9.17, 15) is 9.59 Å². The Morgan fingerprint density at radius 2 is 1.87 bits per heavy atom. The molecular weight excluding hydrogens is 288 g/mol. The highest BCUT2D eigenvalue weighted by Gasteiger charge is 2.34. The first-order chi connectivity index (χ1) is 10.9. The second-order valence-electron chi connectivity index (χ2n) is 7.13. The lowest BCUT2D eigenvalue weighted by molar-refractivity contribution is -0.126. The van der Waals surface area contributed by atoms with Crippen LogP contribution in [0.2, 0.25) is 0 Å². The summed E-state index contributed by atoms with van der Waals surface area (Å²) < 4.78 is 0. The van der Waals surface area contributed by atoms with Crippen LogP contribution in [0.4, 0.5) is 5.69 Å². The molecule has 0 aliphatic carbocycles. The first-order valence-corrected chi connectivity index (χ1v) is 8.56.